The van der Waals surface area contributed by atoms with Gasteiger partial charge in [-0.3, -0.25) is 14.7 Å². The molecule has 3 N–H and O–H groups in total. The van der Waals surface area contributed by atoms with Crippen molar-refractivity contribution in [2.75, 3.05) is 0 Å². The van der Waals surface area contributed by atoms with Crippen molar-refractivity contribution in [2.45, 2.75) is 38.3 Å². The minimum absolute atomic E-state index is 0.00674. The lowest BCUT2D eigenvalue weighted by molar-refractivity contribution is 0.0239. The first-order valence-corrected chi connectivity index (χ1v) is 9.11. The van der Waals surface area contributed by atoms with E-state index in [1.165, 1.54) is 10.7 Å². The maximum atomic E-state index is 12.8. The summed E-state index contributed by atoms with van der Waals surface area (Å²) < 4.78 is 1.28. The van der Waals surface area contributed by atoms with Gasteiger partial charge in [0.2, 0.25) is 0 Å². The molecular formula is C20H22N4O3. The molecule has 1 saturated carbocycles. The third kappa shape index (κ3) is 3.50. The molecule has 1 unspecified atom stereocenters. The molecule has 0 radical (unpaired) electrons. The van der Waals surface area contributed by atoms with Gasteiger partial charge in [-0.05, 0) is 37.7 Å². The van der Waals surface area contributed by atoms with Crippen molar-refractivity contribution in [3.63, 3.8) is 0 Å². The van der Waals surface area contributed by atoms with Gasteiger partial charge in [-0.15, -0.1) is 0 Å². The van der Waals surface area contributed by atoms with E-state index in [0.717, 1.165) is 11.3 Å². The fraction of sp³-hybridized carbons (Fsp3) is 0.350. The number of hydrogen-bond donors (Lipinski definition) is 3. The van der Waals surface area contributed by atoms with Crippen LogP contribution in [0.25, 0.3) is 5.65 Å². The minimum atomic E-state index is -0.434. The first kappa shape index (κ1) is 17.5. The van der Waals surface area contributed by atoms with Crippen LogP contribution in [-0.2, 0) is 6.42 Å². The second-order valence-corrected chi connectivity index (χ2v) is 7.26. The van der Waals surface area contributed by atoms with Gasteiger partial charge in [0, 0.05) is 24.0 Å². The first-order chi connectivity index (χ1) is 13.0. The lowest BCUT2D eigenvalue weighted by atomic mass is 9.75. The molecule has 3 aromatic rings. The van der Waals surface area contributed by atoms with Crippen molar-refractivity contribution < 1.29 is 9.90 Å². The summed E-state index contributed by atoms with van der Waals surface area (Å²) >= 11 is 0. The fourth-order valence-electron chi connectivity index (χ4n) is 3.64. The van der Waals surface area contributed by atoms with Gasteiger partial charge in [0.05, 0.1) is 6.10 Å². The molecule has 0 spiro atoms. The van der Waals surface area contributed by atoms with E-state index in [0.29, 0.717) is 24.9 Å². The molecule has 0 aliphatic heterocycles. The largest absolute Gasteiger partial charge is 0.393 e. The van der Waals surface area contributed by atoms with Gasteiger partial charge in [0.25, 0.3) is 11.5 Å². The highest BCUT2D eigenvalue weighted by Crippen LogP contribution is 2.31. The van der Waals surface area contributed by atoms with Gasteiger partial charge in [0.15, 0.2) is 5.65 Å². The number of carbonyl (C=O) groups excluding carboxylic acids is 1. The van der Waals surface area contributed by atoms with Crippen LogP contribution in [0.3, 0.4) is 0 Å². The van der Waals surface area contributed by atoms with E-state index in [9.17, 15) is 14.7 Å². The number of aromatic nitrogens is 3. The lowest BCUT2D eigenvalue weighted by Crippen LogP contribution is -2.49. The smallest absolute Gasteiger partial charge is 0.285 e. The Hall–Kier alpha value is -2.93. The molecular weight excluding hydrogens is 344 g/mol. The highest BCUT2D eigenvalue weighted by molar-refractivity contribution is 5.94. The number of H-pyrrole nitrogens is 1. The molecule has 0 saturated heterocycles. The van der Waals surface area contributed by atoms with Crippen LogP contribution < -0.4 is 10.9 Å². The number of aliphatic hydroxyl groups is 1. The Morgan fingerprint density at radius 3 is 2.81 bits per heavy atom. The summed E-state index contributed by atoms with van der Waals surface area (Å²) in [5, 5.41) is 15.6. The molecule has 7 heteroatoms. The zero-order valence-electron chi connectivity index (χ0n) is 15.1. The summed E-state index contributed by atoms with van der Waals surface area (Å²) in [4.78, 5) is 29.6. The van der Waals surface area contributed by atoms with Crippen LogP contribution in [0.5, 0.6) is 0 Å². The molecule has 2 aromatic heterocycles. The number of hydrogen-bond acceptors (Lipinski definition) is 4. The molecule has 1 aliphatic carbocycles. The third-order valence-corrected chi connectivity index (χ3v) is 5.20. The Bertz CT molecular complexity index is 1020. The van der Waals surface area contributed by atoms with Crippen LogP contribution in [0.4, 0.5) is 0 Å². The van der Waals surface area contributed by atoms with Crippen molar-refractivity contribution >= 4 is 11.6 Å². The Balaban J connectivity index is 1.58. The number of fused-ring (bicyclic) bond motifs is 1. The molecule has 1 aliphatic rings. The van der Waals surface area contributed by atoms with Crippen molar-refractivity contribution in [3.05, 3.63) is 69.8 Å². The zero-order chi connectivity index (χ0) is 19.0. The number of nitrogens with one attached hydrogen (secondary N) is 2. The fourth-order valence-corrected chi connectivity index (χ4v) is 3.64. The van der Waals surface area contributed by atoms with Crippen molar-refractivity contribution in [1.82, 2.24) is 19.9 Å². The monoisotopic (exact) mass is 366 g/mol. The average Bonchev–Trinajstić information content (AvgIpc) is 3.01. The number of benzene rings is 1. The molecule has 4 rings (SSSR count). The lowest BCUT2D eigenvalue weighted by Gasteiger charge is -2.38. The van der Waals surface area contributed by atoms with Crippen LogP contribution in [-0.4, -0.2) is 37.8 Å². The summed E-state index contributed by atoms with van der Waals surface area (Å²) in [6.07, 6.45) is 2.99. The van der Waals surface area contributed by atoms with E-state index < -0.39 is 11.5 Å². The predicted octanol–water partition coefficient (Wildman–Crippen LogP) is 1.44. The molecule has 2 heterocycles. The minimum Gasteiger partial charge on any atom is -0.393 e. The standard InChI is InChI=1S/C20H22N4O3/c1-12-7-18-21-11-16(20(27)24(18)23-12)19(26)22-17(14-9-15(25)10-14)8-13-5-3-2-4-6-13/h2-7,11,14-15,17,23,25H,8-10H2,1H3,(H,22,26). The number of aryl methyl sites for hydroxylation is 1. The van der Waals surface area contributed by atoms with Gasteiger partial charge in [0.1, 0.15) is 5.56 Å². The van der Waals surface area contributed by atoms with Crippen molar-refractivity contribution in [3.8, 4) is 0 Å². The molecule has 1 aromatic carbocycles. The number of amides is 1. The summed E-state index contributed by atoms with van der Waals surface area (Å²) in [6.45, 7) is 1.83. The molecule has 7 nitrogen and oxygen atoms in total. The van der Waals surface area contributed by atoms with Gasteiger partial charge in [-0.25, -0.2) is 9.50 Å². The summed E-state index contributed by atoms with van der Waals surface area (Å²) in [6, 6.07) is 11.5. The van der Waals surface area contributed by atoms with Gasteiger partial charge < -0.3 is 10.4 Å². The summed E-state index contributed by atoms with van der Waals surface area (Å²) in [7, 11) is 0. The van der Waals surface area contributed by atoms with E-state index in [2.05, 4.69) is 15.4 Å². The second kappa shape index (κ2) is 7.00. The second-order valence-electron chi connectivity index (χ2n) is 7.26. The Morgan fingerprint density at radius 1 is 1.37 bits per heavy atom. The Kier molecular flexibility index (Phi) is 4.53. The van der Waals surface area contributed by atoms with E-state index in [4.69, 9.17) is 0 Å². The first-order valence-electron chi connectivity index (χ1n) is 9.11. The molecule has 1 amide bonds. The molecule has 1 atom stereocenters. The normalized spacial score (nSPS) is 20.2. The zero-order valence-corrected chi connectivity index (χ0v) is 15.1. The topological polar surface area (TPSA) is 99.5 Å². The van der Waals surface area contributed by atoms with Gasteiger partial charge in [-0.2, -0.15) is 0 Å². The Morgan fingerprint density at radius 2 is 2.11 bits per heavy atom. The van der Waals surface area contributed by atoms with Gasteiger partial charge >= 0.3 is 0 Å². The SMILES string of the molecule is Cc1cc2ncc(C(=O)NC(Cc3ccccc3)C3CC(O)C3)c(=O)n2[nH]1. The van der Waals surface area contributed by atoms with Crippen LogP contribution in [0.15, 0.2) is 47.4 Å². The summed E-state index contributed by atoms with van der Waals surface area (Å²) in [5.41, 5.74) is 1.97. The van der Waals surface area contributed by atoms with E-state index in [1.807, 2.05) is 37.3 Å². The average molecular weight is 366 g/mol. The number of carbonyl (C=O) groups is 1. The Labute approximate surface area is 156 Å². The quantitative estimate of drug-likeness (QED) is 0.636. The van der Waals surface area contributed by atoms with E-state index >= 15 is 0 Å². The van der Waals surface area contributed by atoms with Crippen LogP contribution in [0, 0.1) is 12.8 Å². The van der Waals surface area contributed by atoms with Gasteiger partial charge in [-0.1, -0.05) is 30.3 Å². The van der Waals surface area contributed by atoms with E-state index in [1.54, 1.807) is 6.07 Å². The number of rotatable bonds is 5. The summed E-state index contributed by atoms with van der Waals surface area (Å²) in [5.74, 6) is -0.243. The molecule has 27 heavy (non-hydrogen) atoms. The van der Waals surface area contributed by atoms with Crippen molar-refractivity contribution in [2.24, 2.45) is 5.92 Å². The van der Waals surface area contributed by atoms with Crippen LogP contribution >= 0.6 is 0 Å². The number of nitrogens with zero attached hydrogens (tertiary/aromatic N) is 2. The molecule has 1 fully saturated rings. The number of aliphatic hydroxyl groups excluding tert-OH is 1. The van der Waals surface area contributed by atoms with E-state index in [-0.39, 0.29) is 23.6 Å². The number of aromatic amines is 1. The van der Waals surface area contributed by atoms with Crippen molar-refractivity contribution in [1.29, 1.82) is 0 Å². The molecule has 140 valence electrons. The maximum absolute atomic E-state index is 12.8. The predicted molar refractivity (Wildman–Crippen MR) is 101 cm³/mol. The maximum Gasteiger partial charge on any atom is 0.285 e. The highest BCUT2D eigenvalue weighted by atomic mass is 16.3. The molecule has 0 bridgehead atoms. The third-order valence-electron chi connectivity index (χ3n) is 5.20. The highest BCUT2D eigenvalue weighted by Gasteiger charge is 2.35. The van der Waals surface area contributed by atoms with Crippen LogP contribution in [0.2, 0.25) is 0 Å². The van der Waals surface area contributed by atoms with Crippen LogP contribution in [0.1, 0.15) is 34.5 Å².